The summed E-state index contributed by atoms with van der Waals surface area (Å²) in [6.07, 6.45) is 1.58. The van der Waals surface area contributed by atoms with Gasteiger partial charge < -0.3 is 15.8 Å². The maximum absolute atomic E-state index is 11.2. The van der Waals surface area contributed by atoms with Gasteiger partial charge in [0.15, 0.2) is 0 Å². The molecule has 4 nitrogen and oxygen atoms in total. The van der Waals surface area contributed by atoms with Crippen molar-refractivity contribution < 1.29 is 9.53 Å². The van der Waals surface area contributed by atoms with Gasteiger partial charge in [0.2, 0.25) is 0 Å². The van der Waals surface area contributed by atoms with Crippen LogP contribution in [0.3, 0.4) is 0 Å². The molecule has 1 saturated carbocycles. The predicted molar refractivity (Wildman–Crippen MR) is 57.6 cm³/mol. The van der Waals surface area contributed by atoms with E-state index in [2.05, 4.69) is 5.32 Å². The number of amides is 1. The number of nitrogens with two attached hydrogens (primary N) is 1. The van der Waals surface area contributed by atoms with Crippen molar-refractivity contribution in [1.82, 2.24) is 5.32 Å². The van der Waals surface area contributed by atoms with Gasteiger partial charge in [-0.3, -0.25) is 0 Å². The molecule has 0 aliphatic heterocycles. The first-order chi connectivity index (χ1) is 5.88. The summed E-state index contributed by atoms with van der Waals surface area (Å²) >= 11 is 0. The second kappa shape index (κ2) is 4.84. The van der Waals surface area contributed by atoms with Crippen LogP contribution in [0.2, 0.25) is 0 Å². The highest BCUT2D eigenvalue weighted by molar-refractivity contribution is 5.85. The second-order valence-electron chi connectivity index (χ2n) is 4.49. The molecule has 3 N–H and O–H groups in total. The van der Waals surface area contributed by atoms with Crippen molar-refractivity contribution in [3.05, 3.63) is 0 Å². The minimum Gasteiger partial charge on any atom is -0.444 e. The average Bonchev–Trinajstić information content (AvgIpc) is 1.94. The fourth-order valence-electron chi connectivity index (χ4n) is 1.16. The maximum Gasteiger partial charge on any atom is 0.407 e. The van der Waals surface area contributed by atoms with Crippen LogP contribution < -0.4 is 11.1 Å². The van der Waals surface area contributed by atoms with Gasteiger partial charge in [0.05, 0.1) is 0 Å². The van der Waals surface area contributed by atoms with E-state index in [4.69, 9.17) is 10.5 Å². The van der Waals surface area contributed by atoms with Crippen LogP contribution in [0.5, 0.6) is 0 Å². The van der Waals surface area contributed by atoms with E-state index in [1.165, 1.54) is 0 Å². The molecule has 0 saturated heterocycles. The van der Waals surface area contributed by atoms with Gasteiger partial charge in [-0.05, 0) is 33.6 Å². The molecule has 0 aromatic rings. The number of ether oxygens (including phenoxy) is 1. The number of hydrogen-bond donors (Lipinski definition) is 2. The first-order valence-corrected chi connectivity index (χ1v) is 4.63. The standard InChI is InChI=1S/C9H18N2O2.ClH/c1-9(2,3)13-8(12)11-7-5-4-6(7)10;/h6-7H,4-5,10H2,1-3H3,(H,11,12);1H/t6-,7-;/m1./s1. The lowest BCUT2D eigenvalue weighted by Crippen LogP contribution is -2.55. The Morgan fingerprint density at radius 2 is 2.00 bits per heavy atom. The molecule has 1 aliphatic rings. The monoisotopic (exact) mass is 222 g/mol. The molecule has 0 unspecified atom stereocenters. The van der Waals surface area contributed by atoms with Crippen LogP contribution in [-0.4, -0.2) is 23.8 Å². The molecule has 0 bridgehead atoms. The first-order valence-electron chi connectivity index (χ1n) is 4.63. The smallest absolute Gasteiger partial charge is 0.407 e. The van der Waals surface area contributed by atoms with Gasteiger partial charge in [0.25, 0.3) is 0 Å². The third kappa shape index (κ3) is 4.15. The highest BCUT2D eigenvalue weighted by Crippen LogP contribution is 2.18. The third-order valence-electron chi connectivity index (χ3n) is 2.03. The van der Waals surface area contributed by atoms with Gasteiger partial charge in [-0.2, -0.15) is 0 Å². The predicted octanol–water partition coefficient (Wildman–Crippen LogP) is 1.42. The highest BCUT2D eigenvalue weighted by Gasteiger charge is 2.30. The molecule has 1 amide bonds. The normalized spacial score (nSPS) is 25.7. The van der Waals surface area contributed by atoms with Crippen LogP contribution in [0.1, 0.15) is 33.6 Å². The molecular formula is C9H19ClN2O2. The van der Waals surface area contributed by atoms with E-state index in [1.54, 1.807) is 0 Å². The third-order valence-corrected chi connectivity index (χ3v) is 2.03. The lowest BCUT2D eigenvalue weighted by Gasteiger charge is -2.34. The zero-order valence-corrected chi connectivity index (χ0v) is 9.69. The van der Waals surface area contributed by atoms with Gasteiger partial charge in [-0.1, -0.05) is 0 Å². The summed E-state index contributed by atoms with van der Waals surface area (Å²) in [6, 6.07) is 0.211. The van der Waals surface area contributed by atoms with Crippen molar-refractivity contribution in [3.63, 3.8) is 0 Å². The highest BCUT2D eigenvalue weighted by atomic mass is 35.5. The fraction of sp³-hybridized carbons (Fsp3) is 0.889. The topological polar surface area (TPSA) is 64.3 Å². The first kappa shape index (κ1) is 13.5. The largest absolute Gasteiger partial charge is 0.444 e. The SMILES string of the molecule is CC(C)(C)OC(=O)N[C@@H]1CC[C@H]1N.Cl. The van der Waals surface area contributed by atoms with Crippen LogP contribution in [0.4, 0.5) is 4.79 Å². The minimum absolute atomic E-state index is 0. The number of alkyl carbamates (subject to hydrolysis) is 1. The average molecular weight is 223 g/mol. The van der Waals surface area contributed by atoms with E-state index in [0.717, 1.165) is 12.8 Å². The van der Waals surface area contributed by atoms with Gasteiger partial charge in [0.1, 0.15) is 5.60 Å². The van der Waals surface area contributed by atoms with E-state index in [1.807, 2.05) is 20.8 Å². The Bertz CT molecular complexity index is 203. The Morgan fingerprint density at radius 1 is 1.43 bits per heavy atom. The quantitative estimate of drug-likeness (QED) is 0.706. The zero-order chi connectivity index (χ0) is 10.1. The van der Waals surface area contributed by atoms with Gasteiger partial charge in [0, 0.05) is 12.1 Å². The van der Waals surface area contributed by atoms with E-state index in [9.17, 15) is 4.79 Å². The molecule has 1 fully saturated rings. The van der Waals surface area contributed by atoms with E-state index in [-0.39, 0.29) is 30.6 Å². The Hall–Kier alpha value is -0.480. The summed E-state index contributed by atoms with van der Waals surface area (Å²) in [5, 5.41) is 2.74. The van der Waals surface area contributed by atoms with Crippen LogP contribution in [-0.2, 0) is 4.74 Å². The van der Waals surface area contributed by atoms with Crippen LogP contribution in [0, 0.1) is 0 Å². The molecule has 0 spiro atoms. The van der Waals surface area contributed by atoms with Crippen molar-refractivity contribution in [2.24, 2.45) is 5.73 Å². The van der Waals surface area contributed by atoms with Gasteiger partial charge >= 0.3 is 6.09 Å². The Labute approximate surface area is 91.0 Å². The molecule has 5 heteroatoms. The lowest BCUT2D eigenvalue weighted by atomic mass is 9.87. The van der Waals surface area contributed by atoms with Crippen molar-refractivity contribution >= 4 is 18.5 Å². The number of hydrogen-bond acceptors (Lipinski definition) is 3. The molecule has 2 atom stereocenters. The van der Waals surface area contributed by atoms with Gasteiger partial charge in [-0.25, -0.2) is 4.79 Å². The Balaban J connectivity index is 0.00000169. The molecule has 0 heterocycles. The molecule has 0 aromatic carbocycles. The van der Waals surface area contributed by atoms with Gasteiger partial charge in [-0.15, -0.1) is 12.4 Å². The summed E-state index contributed by atoms with van der Waals surface area (Å²) in [6.45, 7) is 5.52. The van der Waals surface area contributed by atoms with Crippen LogP contribution in [0.15, 0.2) is 0 Å². The summed E-state index contributed by atoms with van der Waals surface area (Å²) in [7, 11) is 0. The van der Waals surface area contributed by atoms with E-state index < -0.39 is 5.60 Å². The fourth-order valence-corrected chi connectivity index (χ4v) is 1.16. The summed E-state index contributed by atoms with van der Waals surface area (Å²) in [4.78, 5) is 11.2. The number of carbonyl (C=O) groups excluding carboxylic acids is 1. The lowest BCUT2D eigenvalue weighted by molar-refractivity contribution is 0.0467. The van der Waals surface area contributed by atoms with E-state index >= 15 is 0 Å². The molecule has 84 valence electrons. The van der Waals surface area contributed by atoms with Crippen molar-refractivity contribution in [3.8, 4) is 0 Å². The summed E-state index contributed by atoms with van der Waals surface area (Å²) in [5.74, 6) is 0. The van der Waals surface area contributed by atoms with Crippen molar-refractivity contribution in [2.45, 2.75) is 51.3 Å². The Morgan fingerprint density at radius 3 is 2.29 bits per heavy atom. The molecule has 1 aliphatic carbocycles. The number of halogens is 1. The summed E-state index contributed by atoms with van der Waals surface area (Å²) < 4.78 is 5.09. The van der Waals surface area contributed by atoms with Crippen molar-refractivity contribution in [2.75, 3.05) is 0 Å². The zero-order valence-electron chi connectivity index (χ0n) is 8.87. The number of nitrogens with one attached hydrogen (secondary N) is 1. The minimum atomic E-state index is -0.433. The maximum atomic E-state index is 11.2. The summed E-state index contributed by atoms with van der Waals surface area (Å²) in [5.41, 5.74) is 5.23. The number of rotatable bonds is 1. The molecule has 1 rings (SSSR count). The molecular weight excluding hydrogens is 204 g/mol. The van der Waals surface area contributed by atoms with Crippen LogP contribution in [0.25, 0.3) is 0 Å². The van der Waals surface area contributed by atoms with E-state index in [0.29, 0.717) is 0 Å². The van der Waals surface area contributed by atoms with Crippen molar-refractivity contribution in [1.29, 1.82) is 0 Å². The molecule has 0 radical (unpaired) electrons. The van der Waals surface area contributed by atoms with Crippen LogP contribution >= 0.6 is 12.4 Å². The number of carbonyl (C=O) groups is 1. The molecule has 0 aromatic heterocycles. The second-order valence-corrected chi connectivity index (χ2v) is 4.49. The Kier molecular flexibility index (Phi) is 4.68. The molecule has 14 heavy (non-hydrogen) atoms.